The number of furan rings is 1. The van der Waals surface area contributed by atoms with Crippen LogP contribution in [0.2, 0.25) is 0 Å². The molecule has 1 aliphatic heterocycles. The molecule has 0 aromatic carbocycles. The van der Waals surface area contributed by atoms with Crippen molar-refractivity contribution in [1.29, 1.82) is 0 Å². The van der Waals surface area contributed by atoms with Gasteiger partial charge in [0.25, 0.3) is 0 Å². The normalized spacial score (nSPS) is 16.8. The first-order valence-electron chi connectivity index (χ1n) is 7.87. The van der Waals surface area contributed by atoms with Gasteiger partial charge in [0.05, 0.1) is 12.8 Å². The summed E-state index contributed by atoms with van der Waals surface area (Å²) in [5, 5.41) is 3.36. The number of amides is 1. The van der Waals surface area contributed by atoms with Gasteiger partial charge in [0.15, 0.2) is 0 Å². The second-order valence-electron chi connectivity index (χ2n) is 6.57. The van der Waals surface area contributed by atoms with Crippen LogP contribution >= 0.6 is 0 Å². The predicted octanol–water partition coefficient (Wildman–Crippen LogP) is 1.92. The fourth-order valence-electron chi connectivity index (χ4n) is 2.34. The van der Waals surface area contributed by atoms with Crippen LogP contribution in [0.15, 0.2) is 22.8 Å². The van der Waals surface area contributed by atoms with Crippen molar-refractivity contribution >= 4 is 6.09 Å². The van der Waals surface area contributed by atoms with Crippen molar-refractivity contribution in [3.05, 3.63) is 24.2 Å². The van der Waals surface area contributed by atoms with Gasteiger partial charge in [-0.25, -0.2) is 4.79 Å². The van der Waals surface area contributed by atoms with E-state index in [-0.39, 0.29) is 6.09 Å². The van der Waals surface area contributed by atoms with Gasteiger partial charge in [-0.1, -0.05) is 0 Å². The minimum Gasteiger partial charge on any atom is -0.468 e. The third-order valence-electron chi connectivity index (χ3n) is 3.51. The number of ether oxygens (including phenoxy) is 1. The van der Waals surface area contributed by atoms with Gasteiger partial charge in [0.2, 0.25) is 0 Å². The molecule has 0 saturated carbocycles. The van der Waals surface area contributed by atoms with Crippen molar-refractivity contribution in [3.63, 3.8) is 0 Å². The molecule has 1 saturated heterocycles. The molecule has 6 nitrogen and oxygen atoms in total. The van der Waals surface area contributed by atoms with Gasteiger partial charge >= 0.3 is 6.09 Å². The van der Waals surface area contributed by atoms with Gasteiger partial charge in [-0.3, -0.25) is 4.90 Å². The van der Waals surface area contributed by atoms with Crippen LogP contribution in [0.3, 0.4) is 0 Å². The Balaban J connectivity index is 1.59. The Morgan fingerprint density at radius 2 is 2.05 bits per heavy atom. The van der Waals surface area contributed by atoms with Crippen LogP contribution in [0, 0.1) is 0 Å². The third kappa shape index (κ3) is 5.69. The van der Waals surface area contributed by atoms with E-state index < -0.39 is 5.60 Å². The van der Waals surface area contributed by atoms with Crippen molar-refractivity contribution in [1.82, 2.24) is 15.1 Å². The Labute approximate surface area is 132 Å². The molecule has 1 N–H and O–H groups in total. The number of hydrogen-bond acceptors (Lipinski definition) is 5. The van der Waals surface area contributed by atoms with Gasteiger partial charge in [0, 0.05) is 39.3 Å². The van der Waals surface area contributed by atoms with Crippen molar-refractivity contribution in [3.8, 4) is 0 Å². The Bertz CT molecular complexity index is 446. The average molecular weight is 309 g/mol. The molecule has 0 unspecified atom stereocenters. The maximum atomic E-state index is 12.0. The minimum absolute atomic E-state index is 0.205. The van der Waals surface area contributed by atoms with Gasteiger partial charge in [-0.15, -0.1) is 0 Å². The molecule has 0 atom stereocenters. The molecule has 1 amide bonds. The first-order chi connectivity index (χ1) is 10.4. The highest BCUT2D eigenvalue weighted by molar-refractivity contribution is 5.68. The number of nitrogens with one attached hydrogen (secondary N) is 1. The second kappa shape index (κ2) is 7.65. The summed E-state index contributed by atoms with van der Waals surface area (Å²) >= 11 is 0. The fraction of sp³-hybridized carbons (Fsp3) is 0.688. The lowest BCUT2D eigenvalue weighted by Gasteiger charge is -2.35. The quantitative estimate of drug-likeness (QED) is 0.842. The molecule has 1 aromatic rings. The number of nitrogens with zero attached hydrogens (tertiary/aromatic N) is 2. The first kappa shape index (κ1) is 16.8. The molecule has 0 bridgehead atoms. The SMILES string of the molecule is CC(C)(C)OC(=O)N1CCN(CCNCc2ccco2)CC1. The van der Waals surface area contributed by atoms with E-state index in [0.717, 1.165) is 51.6 Å². The van der Waals surface area contributed by atoms with E-state index in [4.69, 9.17) is 9.15 Å². The van der Waals surface area contributed by atoms with Crippen LogP contribution in [0.25, 0.3) is 0 Å². The predicted molar refractivity (Wildman–Crippen MR) is 84.7 cm³/mol. The molecule has 1 fully saturated rings. The second-order valence-corrected chi connectivity index (χ2v) is 6.57. The van der Waals surface area contributed by atoms with Crippen LogP contribution in [-0.2, 0) is 11.3 Å². The number of hydrogen-bond donors (Lipinski definition) is 1. The van der Waals surface area contributed by atoms with Crippen LogP contribution in [0.1, 0.15) is 26.5 Å². The smallest absolute Gasteiger partial charge is 0.410 e. The van der Waals surface area contributed by atoms with Crippen molar-refractivity contribution in [2.45, 2.75) is 32.9 Å². The van der Waals surface area contributed by atoms with E-state index in [2.05, 4.69) is 10.2 Å². The van der Waals surface area contributed by atoms with Crippen LogP contribution < -0.4 is 5.32 Å². The number of piperazine rings is 1. The third-order valence-corrected chi connectivity index (χ3v) is 3.51. The lowest BCUT2D eigenvalue weighted by atomic mass is 10.2. The van der Waals surface area contributed by atoms with E-state index in [1.54, 1.807) is 11.2 Å². The molecule has 6 heteroatoms. The summed E-state index contributed by atoms with van der Waals surface area (Å²) in [5.41, 5.74) is -0.427. The minimum atomic E-state index is -0.427. The lowest BCUT2D eigenvalue weighted by molar-refractivity contribution is 0.0146. The highest BCUT2D eigenvalue weighted by Gasteiger charge is 2.25. The zero-order valence-corrected chi connectivity index (χ0v) is 13.8. The topological polar surface area (TPSA) is 58.0 Å². The van der Waals surface area contributed by atoms with Gasteiger partial charge in [-0.05, 0) is 32.9 Å². The Morgan fingerprint density at radius 3 is 2.64 bits per heavy atom. The Hall–Kier alpha value is -1.53. The molecular formula is C16H27N3O3. The number of carbonyl (C=O) groups excluding carboxylic acids is 1. The summed E-state index contributed by atoms with van der Waals surface area (Å²) in [7, 11) is 0. The van der Waals surface area contributed by atoms with E-state index >= 15 is 0 Å². The van der Waals surface area contributed by atoms with E-state index in [9.17, 15) is 4.79 Å². The molecule has 2 rings (SSSR count). The van der Waals surface area contributed by atoms with Crippen molar-refractivity contribution in [2.75, 3.05) is 39.3 Å². The zero-order valence-electron chi connectivity index (χ0n) is 13.8. The fourth-order valence-corrected chi connectivity index (χ4v) is 2.34. The summed E-state index contributed by atoms with van der Waals surface area (Å²) < 4.78 is 10.7. The first-order valence-corrected chi connectivity index (χ1v) is 7.87. The zero-order chi connectivity index (χ0) is 16.0. The molecule has 124 valence electrons. The molecule has 2 heterocycles. The van der Waals surface area contributed by atoms with Gasteiger partial charge in [0.1, 0.15) is 11.4 Å². The molecule has 1 aliphatic rings. The van der Waals surface area contributed by atoms with Crippen molar-refractivity contribution < 1.29 is 13.9 Å². The summed E-state index contributed by atoms with van der Waals surface area (Å²) in [4.78, 5) is 16.1. The average Bonchev–Trinajstić information content (AvgIpc) is 2.95. The Morgan fingerprint density at radius 1 is 1.32 bits per heavy atom. The molecule has 0 spiro atoms. The van der Waals surface area contributed by atoms with Crippen molar-refractivity contribution in [2.24, 2.45) is 0 Å². The highest BCUT2D eigenvalue weighted by atomic mass is 16.6. The number of rotatable bonds is 5. The highest BCUT2D eigenvalue weighted by Crippen LogP contribution is 2.11. The molecule has 22 heavy (non-hydrogen) atoms. The molecule has 0 aliphatic carbocycles. The van der Waals surface area contributed by atoms with Crippen LogP contribution in [0.5, 0.6) is 0 Å². The number of carbonyl (C=O) groups is 1. The molecule has 1 aromatic heterocycles. The van der Waals surface area contributed by atoms with Gasteiger partial charge in [-0.2, -0.15) is 0 Å². The van der Waals surface area contributed by atoms with Gasteiger partial charge < -0.3 is 19.4 Å². The maximum Gasteiger partial charge on any atom is 0.410 e. The molecular weight excluding hydrogens is 282 g/mol. The largest absolute Gasteiger partial charge is 0.468 e. The molecule has 0 radical (unpaired) electrons. The van der Waals surface area contributed by atoms with Crippen LogP contribution in [0.4, 0.5) is 4.79 Å². The van der Waals surface area contributed by atoms with E-state index in [1.165, 1.54) is 0 Å². The maximum absolute atomic E-state index is 12.0. The van der Waals surface area contributed by atoms with E-state index in [1.807, 2.05) is 32.9 Å². The van der Waals surface area contributed by atoms with Crippen LogP contribution in [-0.4, -0.2) is 60.8 Å². The lowest BCUT2D eigenvalue weighted by Crippen LogP contribution is -2.51. The summed E-state index contributed by atoms with van der Waals surface area (Å²) in [5.74, 6) is 0.953. The Kier molecular flexibility index (Phi) is 5.85. The summed E-state index contributed by atoms with van der Waals surface area (Å²) in [6, 6.07) is 3.86. The summed E-state index contributed by atoms with van der Waals surface area (Å²) in [6.07, 6.45) is 1.48. The standard InChI is InChI=1S/C16H27N3O3/c1-16(2,3)22-15(20)19-10-8-18(9-11-19)7-6-17-13-14-5-4-12-21-14/h4-5,12,17H,6-11,13H2,1-3H3. The monoisotopic (exact) mass is 309 g/mol. The summed E-state index contributed by atoms with van der Waals surface area (Å²) in [6.45, 7) is 11.6. The van der Waals surface area contributed by atoms with E-state index in [0.29, 0.717) is 0 Å².